The van der Waals surface area contributed by atoms with Crippen molar-refractivity contribution in [3.8, 4) is 0 Å². The van der Waals surface area contributed by atoms with Gasteiger partial charge in [-0.2, -0.15) is 0 Å². The molecule has 5 heteroatoms. The summed E-state index contributed by atoms with van der Waals surface area (Å²) in [7, 11) is 0. The molecule has 0 bridgehead atoms. The van der Waals surface area contributed by atoms with Gasteiger partial charge in [0.15, 0.2) is 10.9 Å². The topological polar surface area (TPSA) is 60.4 Å². The number of thioether (sulfide) groups is 1. The molecule has 5 unspecified atom stereocenters. The molecule has 3 saturated carbocycles. The van der Waals surface area contributed by atoms with Gasteiger partial charge in [-0.05, 0) is 74.2 Å². The summed E-state index contributed by atoms with van der Waals surface area (Å²) in [4.78, 5) is 36.4. The SMILES string of the molecule is CC(=O)SC1CC2=CC(=O)CC[C@]2(C)C2CC[C@@]3(C)C(CCC34CCC(=O)O4)C12. The average Bonchev–Trinajstić information content (AvgIpc) is 3.17. The Morgan fingerprint density at radius 2 is 1.83 bits per heavy atom. The maximum atomic E-state index is 12.2. The van der Waals surface area contributed by atoms with Crippen LogP contribution in [-0.2, 0) is 19.1 Å². The summed E-state index contributed by atoms with van der Waals surface area (Å²) in [6, 6.07) is 0. The predicted molar refractivity (Wildman–Crippen MR) is 112 cm³/mol. The van der Waals surface area contributed by atoms with E-state index in [1.165, 1.54) is 17.3 Å². The molecule has 158 valence electrons. The molecule has 4 nitrogen and oxygen atoms in total. The van der Waals surface area contributed by atoms with E-state index in [1.54, 1.807) is 6.92 Å². The van der Waals surface area contributed by atoms with Crippen LogP contribution in [0.2, 0.25) is 0 Å². The third-order valence-electron chi connectivity index (χ3n) is 9.61. The molecule has 1 heterocycles. The highest BCUT2D eigenvalue weighted by atomic mass is 32.2. The number of ketones is 1. The number of allylic oxidation sites excluding steroid dienone is 1. The highest BCUT2D eigenvalue weighted by molar-refractivity contribution is 8.14. The molecule has 0 aromatic rings. The monoisotopic (exact) mass is 416 g/mol. The quantitative estimate of drug-likeness (QED) is 0.572. The van der Waals surface area contributed by atoms with Crippen molar-refractivity contribution in [1.29, 1.82) is 0 Å². The first-order chi connectivity index (χ1) is 13.7. The van der Waals surface area contributed by atoms with Crippen molar-refractivity contribution in [2.75, 3.05) is 0 Å². The second kappa shape index (κ2) is 6.45. The van der Waals surface area contributed by atoms with Crippen LogP contribution in [0.15, 0.2) is 11.6 Å². The fourth-order valence-electron chi connectivity index (χ4n) is 8.13. The van der Waals surface area contributed by atoms with Crippen molar-refractivity contribution in [1.82, 2.24) is 0 Å². The van der Waals surface area contributed by atoms with Crippen LogP contribution >= 0.6 is 11.8 Å². The second-order valence-corrected chi connectivity index (χ2v) is 12.1. The lowest BCUT2D eigenvalue weighted by atomic mass is 9.46. The smallest absolute Gasteiger partial charge is 0.306 e. The highest BCUT2D eigenvalue weighted by Crippen LogP contribution is 2.70. The normalized spacial score (nSPS) is 48.6. The Balaban J connectivity index is 1.56. The summed E-state index contributed by atoms with van der Waals surface area (Å²) < 4.78 is 6.06. The molecule has 7 atom stereocenters. The summed E-state index contributed by atoms with van der Waals surface area (Å²) in [6.07, 6.45) is 10.0. The molecule has 1 spiro atoms. The summed E-state index contributed by atoms with van der Waals surface area (Å²) >= 11 is 1.50. The number of hydrogen-bond acceptors (Lipinski definition) is 5. The van der Waals surface area contributed by atoms with Gasteiger partial charge in [0, 0.05) is 30.4 Å². The van der Waals surface area contributed by atoms with E-state index < -0.39 is 0 Å². The van der Waals surface area contributed by atoms with Crippen LogP contribution < -0.4 is 0 Å². The second-order valence-electron chi connectivity index (χ2n) is 10.7. The minimum Gasteiger partial charge on any atom is -0.458 e. The van der Waals surface area contributed by atoms with Crippen molar-refractivity contribution < 1.29 is 19.1 Å². The molecule has 4 fully saturated rings. The first-order valence-electron chi connectivity index (χ1n) is 11.3. The number of hydrogen-bond donors (Lipinski definition) is 0. The number of ether oxygens (including phenoxy) is 1. The van der Waals surface area contributed by atoms with E-state index in [0.29, 0.717) is 30.6 Å². The number of rotatable bonds is 1. The molecule has 4 aliphatic carbocycles. The fourth-order valence-corrected chi connectivity index (χ4v) is 9.36. The largest absolute Gasteiger partial charge is 0.458 e. The first-order valence-corrected chi connectivity index (χ1v) is 12.2. The fraction of sp³-hybridized carbons (Fsp3) is 0.792. The molecule has 0 radical (unpaired) electrons. The molecule has 5 rings (SSSR count). The number of esters is 1. The van der Waals surface area contributed by atoms with E-state index in [1.807, 2.05) is 6.08 Å². The van der Waals surface area contributed by atoms with Gasteiger partial charge in [-0.1, -0.05) is 31.2 Å². The predicted octanol–water partition coefficient (Wildman–Crippen LogP) is 4.85. The van der Waals surface area contributed by atoms with E-state index in [4.69, 9.17) is 4.74 Å². The molecule has 0 aromatic carbocycles. The van der Waals surface area contributed by atoms with Gasteiger partial charge in [-0.15, -0.1) is 0 Å². The molecule has 0 amide bonds. The number of carbonyl (C=O) groups is 3. The van der Waals surface area contributed by atoms with Gasteiger partial charge < -0.3 is 4.74 Å². The van der Waals surface area contributed by atoms with E-state index in [0.717, 1.165) is 44.9 Å². The molecule has 0 aromatic heterocycles. The Kier molecular flexibility index (Phi) is 4.41. The average molecular weight is 417 g/mol. The molecular formula is C24H32O4S. The van der Waals surface area contributed by atoms with Crippen LogP contribution in [0.4, 0.5) is 0 Å². The standard InChI is InChI=1S/C24H32O4S/c1-14(25)29-19-13-15-12-16(26)4-8-22(15,2)17-5-9-23(3)18(21(17)19)6-10-24(23)11-7-20(27)28-24/h12,17-19,21H,4-11,13H2,1-3H3/t17?,18?,19?,21?,22-,23-,24?/m0/s1. The Hall–Kier alpha value is -1.10. The Labute approximate surface area is 177 Å². The maximum absolute atomic E-state index is 12.2. The van der Waals surface area contributed by atoms with Crippen molar-refractivity contribution in [3.05, 3.63) is 11.6 Å². The van der Waals surface area contributed by atoms with E-state index in [-0.39, 0.29) is 38.5 Å². The lowest BCUT2D eigenvalue weighted by Crippen LogP contribution is -2.57. The number of fused-ring (bicyclic) bond motifs is 6. The van der Waals surface area contributed by atoms with Gasteiger partial charge in [-0.25, -0.2) is 0 Å². The zero-order chi connectivity index (χ0) is 20.6. The maximum Gasteiger partial charge on any atom is 0.306 e. The van der Waals surface area contributed by atoms with Crippen LogP contribution in [0.1, 0.15) is 78.6 Å². The molecule has 1 saturated heterocycles. The van der Waals surface area contributed by atoms with Gasteiger partial charge in [0.25, 0.3) is 0 Å². The van der Waals surface area contributed by atoms with Crippen LogP contribution in [0.25, 0.3) is 0 Å². The van der Waals surface area contributed by atoms with E-state index in [2.05, 4.69) is 13.8 Å². The van der Waals surface area contributed by atoms with Crippen LogP contribution in [0.5, 0.6) is 0 Å². The zero-order valence-corrected chi connectivity index (χ0v) is 18.6. The van der Waals surface area contributed by atoms with Crippen molar-refractivity contribution in [2.45, 2.75) is 89.4 Å². The third kappa shape index (κ3) is 2.68. The molecular weight excluding hydrogens is 384 g/mol. The summed E-state index contributed by atoms with van der Waals surface area (Å²) in [5.41, 5.74) is 1.09. The first kappa shape index (κ1) is 19.8. The lowest BCUT2D eigenvalue weighted by molar-refractivity contribution is -0.167. The van der Waals surface area contributed by atoms with Gasteiger partial charge in [0.2, 0.25) is 0 Å². The summed E-state index contributed by atoms with van der Waals surface area (Å²) in [6.45, 7) is 6.42. The molecule has 29 heavy (non-hydrogen) atoms. The Bertz CT molecular complexity index is 818. The lowest BCUT2D eigenvalue weighted by Gasteiger charge is -2.61. The van der Waals surface area contributed by atoms with E-state index in [9.17, 15) is 14.4 Å². The third-order valence-corrected chi connectivity index (χ3v) is 10.7. The van der Waals surface area contributed by atoms with Crippen LogP contribution in [0.3, 0.4) is 0 Å². The Morgan fingerprint density at radius 3 is 2.52 bits per heavy atom. The van der Waals surface area contributed by atoms with Crippen LogP contribution in [0, 0.1) is 28.6 Å². The molecule has 1 aliphatic heterocycles. The molecule has 5 aliphatic rings. The van der Waals surface area contributed by atoms with Gasteiger partial charge >= 0.3 is 5.97 Å². The van der Waals surface area contributed by atoms with Crippen molar-refractivity contribution in [2.24, 2.45) is 28.6 Å². The van der Waals surface area contributed by atoms with Crippen LogP contribution in [-0.4, -0.2) is 27.7 Å². The van der Waals surface area contributed by atoms with Crippen molar-refractivity contribution >= 4 is 28.6 Å². The van der Waals surface area contributed by atoms with Gasteiger partial charge in [0.05, 0.1) is 0 Å². The minimum absolute atomic E-state index is 0.0119. The van der Waals surface area contributed by atoms with Gasteiger partial charge in [0.1, 0.15) is 5.60 Å². The summed E-state index contributed by atoms with van der Waals surface area (Å²) in [5, 5.41) is 0.409. The van der Waals surface area contributed by atoms with Gasteiger partial charge in [-0.3, -0.25) is 14.4 Å². The van der Waals surface area contributed by atoms with Crippen molar-refractivity contribution in [3.63, 3.8) is 0 Å². The highest BCUT2D eigenvalue weighted by Gasteiger charge is 2.68. The summed E-state index contributed by atoms with van der Waals surface area (Å²) in [5.74, 6) is 1.67. The van der Waals surface area contributed by atoms with E-state index >= 15 is 0 Å². The molecule has 0 N–H and O–H groups in total. The zero-order valence-electron chi connectivity index (χ0n) is 17.8. The minimum atomic E-state index is -0.287. The Morgan fingerprint density at radius 1 is 1.07 bits per heavy atom. The number of carbonyl (C=O) groups excluding carboxylic acids is 3.